The third kappa shape index (κ3) is 1.91. The summed E-state index contributed by atoms with van der Waals surface area (Å²) in [6, 6.07) is 7.77. The summed E-state index contributed by atoms with van der Waals surface area (Å²) < 4.78 is 1.69. The molecule has 0 bridgehead atoms. The second kappa shape index (κ2) is 4.31. The number of carbonyl (C=O) groups is 1. The van der Waals surface area contributed by atoms with Crippen LogP contribution in [0.1, 0.15) is 19.7 Å². The van der Waals surface area contributed by atoms with E-state index in [0.29, 0.717) is 11.6 Å². The molecule has 1 aromatic carbocycles. The first-order valence-electron chi connectivity index (χ1n) is 6.11. The van der Waals surface area contributed by atoms with Crippen molar-refractivity contribution in [3.05, 3.63) is 30.1 Å². The first kappa shape index (κ1) is 11.6. The van der Waals surface area contributed by atoms with E-state index in [0.717, 1.165) is 23.1 Å². The number of carbonyl (C=O) groups excluding carboxylic acids is 1. The standard InChI is InChI=1S/C13H13N5O/c1-3-11-15-10-7-5-4-6-9(10)12-16-13(14-8(2)19)17-18(11)12/h4-7H,3H2,1-2H3,(H,14,17,19). The molecule has 0 fully saturated rings. The molecule has 0 spiro atoms. The lowest BCUT2D eigenvalue weighted by molar-refractivity contribution is -0.114. The number of benzene rings is 1. The molecular formula is C13H13N5O. The van der Waals surface area contributed by atoms with Crippen molar-refractivity contribution in [1.82, 2.24) is 19.6 Å². The van der Waals surface area contributed by atoms with Crippen LogP contribution in [0.3, 0.4) is 0 Å². The Morgan fingerprint density at radius 1 is 1.32 bits per heavy atom. The number of nitrogens with zero attached hydrogens (tertiary/aromatic N) is 4. The van der Waals surface area contributed by atoms with Crippen molar-refractivity contribution < 1.29 is 4.79 Å². The molecule has 19 heavy (non-hydrogen) atoms. The van der Waals surface area contributed by atoms with Crippen LogP contribution in [0, 0.1) is 0 Å². The number of amides is 1. The molecule has 2 heterocycles. The molecule has 0 saturated heterocycles. The van der Waals surface area contributed by atoms with Gasteiger partial charge < -0.3 is 0 Å². The van der Waals surface area contributed by atoms with Crippen LogP contribution in [0.2, 0.25) is 0 Å². The molecule has 6 heteroatoms. The Hall–Kier alpha value is -2.50. The van der Waals surface area contributed by atoms with Crippen molar-refractivity contribution >= 4 is 28.4 Å². The SMILES string of the molecule is CCc1nc2ccccc2c2nc(NC(C)=O)nn12. The number of anilines is 1. The number of fused-ring (bicyclic) bond motifs is 3. The zero-order chi connectivity index (χ0) is 13.4. The van der Waals surface area contributed by atoms with Crippen LogP contribution in [0.5, 0.6) is 0 Å². The van der Waals surface area contributed by atoms with Gasteiger partial charge in [0.05, 0.1) is 5.52 Å². The van der Waals surface area contributed by atoms with Gasteiger partial charge in [-0.15, -0.1) is 5.10 Å². The number of aryl methyl sites for hydroxylation is 1. The maximum Gasteiger partial charge on any atom is 0.249 e. The van der Waals surface area contributed by atoms with Crippen LogP contribution in [0.4, 0.5) is 5.95 Å². The van der Waals surface area contributed by atoms with E-state index in [1.54, 1.807) is 4.52 Å². The van der Waals surface area contributed by atoms with E-state index in [-0.39, 0.29) is 5.91 Å². The first-order chi connectivity index (χ1) is 9.19. The average Bonchev–Trinajstić information content (AvgIpc) is 2.80. The number of rotatable bonds is 2. The second-order valence-electron chi connectivity index (χ2n) is 4.25. The summed E-state index contributed by atoms with van der Waals surface area (Å²) in [5, 5.41) is 7.81. The number of aromatic nitrogens is 4. The van der Waals surface area contributed by atoms with Gasteiger partial charge in [0.2, 0.25) is 11.9 Å². The van der Waals surface area contributed by atoms with Gasteiger partial charge >= 0.3 is 0 Å². The highest BCUT2D eigenvalue weighted by atomic mass is 16.1. The summed E-state index contributed by atoms with van der Waals surface area (Å²) in [5.41, 5.74) is 1.60. The topological polar surface area (TPSA) is 72.2 Å². The highest BCUT2D eigenvalue weighted by molar-refractivity contribution is 5.92. The van der Waals surface area contributed by atoms with Crippen LogP contribution >= 0.6 is 0 Å². The van der Waals surface area contributed by atoms with Crippen LogP contribution < -0.4 is 5.32 Å². The molecule has 0 saturated carbocycles. The molecule has 0 aliphatic heterocycles. The van der Waals surface area contributed by atoms with Crippen molar-refractivity contribution in [3.8, 4) is 0 Å². The molecule has 3 rings (SSSR count). The average molecular weight is 255 g/mol. The molecule has 2 aromatic heterocycles. The Kier molecular flexibility index (Phi) is 2.63. The Morgan fingerprint density at radius 2 is 2.11 bits per heavy atom. The van der Waals surface area contributed by atoms with Crippen molar-refractivity contribution in [3.63, 3.8) is 0 Å². The Labute approximate surface area is 109 Å². The summed E-state index contributed by atoms with van der Waals surface area (Å²) in [7, 11) is 0. The van der Waals surface area contributed by atoms with Crippen molar-refractivity contribution in [1.29, 1.82) is 0 Å². The molecule has 0 unspecified atom stereocenters. The van der Waals surface area contributed by atoms with E-state index in [1.807, 2.05) is 31.2 Å². The fourth-order valence-corrected chi connectivity index (χ4v) is 2.05. The Balaban J connectivity index is 2.34. The second-order valence-corrected chi connectivity index (χ2v) is 4.25. The minimum absolute atomic E-state index is 0.189. The Bertz CT molecular complexity index is 777. The summed E-state index contributed by atoms with van der Waals surface area (Å²) >= 11 is 0. The van der Waals surface area contributed by atoms with Gasteiger partial charge in [0.25, 0.3) is 0 Å². The molecule has 0 aliphatic rings. The fourth-order valence-electron chi connectivity index (χ4n) is 2.05. The van der Waals surface area contributed by atoms with Gasteiger partial charge in [0.15, 0.2) is 5.65 Å². The lowest BCUT2D eigenvalue weighted by Crippen LogP contribution is -2.07. The summed E-state index contributed by atoms with van der Waals surface area (Å²) in [6.45, 7) is 3.44. The van der Waals surface area contributed by atoms with E-state index in [1.165, 1.54) is 6.92 Å². The minimum Gasteiger partial charge on any atom is -0.293 e. The van der Waals surface area contributed by atoms with Gasteiger partial charge in [-0.2, -0.15) is 9.50 Å². The molecular weight excluding hydrogens is 242 g/mol. The van der Waals surface area contributed by atoms with E-state index in [9.17, 15) is 4.79 Å². The van der Waals surface area contributed by atoms with Crippen LogP contribution in [-0.2, 0) is 11.2 Å². The first-order valence-corrected chi connectivity index (χ1v) is 6.11. The molecule has 96 valence electrons. The molecule has 3 aromatic rings. The van der Waals surface area contributed by atoms with Crippen molar-refractivity contribution in [2.24, 2.45) is 0 Å². The molecule has 0 atom stereocenters. The summed E-state index contributed by atoms with van der Waals surface area (Å²) in [6.07, 6.45) is 0.740. The van der Waals surface area contributed by atoms with Crippen LogP contribution in [-0.4, -0.2) is 25.5 Å². The third-order valence-electron chi connectivity index (χ3n) is 2.85. The predicted molar refractivity (Wildman–Crippen MR) is 72.0 cm³/mol. The van der Waals surface area contributed by atoms with E-state index in [4.69, 9.17) is 0 Å². The molecule has 0 aliphatic carbocycles. The maximum atomic E-state index is 11.1. The molecule has 1 N–H and O–H groups in total. The number of para-hydroxylation sites is 1. The van der Waals surface area contributed by atoms with E-state index >= 15 is 0 Å². The van der Waals surface area contributed by atoms with Crippen LogP contribution in [0.25, 0.3) is 16.6 Å². The zero-order valence-corrected chi connectivity index (χ0v) is 10.7. The summed E-state index contributed by atoms with van der Waals surface area (Å²) in [5.74, 6) is 0.935. The van der Waals surface area contributed by atoms with Gasteiger partial charge in [-0.1, -0.05) is 19.1 Å². The number of hydrogen-bond donors (Lipinski definition) is 1. The normalized spacial score (nSPS) is 11.1. The van der Waals surface area contributed by atoms with Crippen molar-refractivity contribution in [2.75, 3.05) is 5.32 Å². The highest BCUT2D eigenvalue weighted by Gasteiger charge is 2.12. The third-order valence-corrected chi connectivity index (χ3v) is 2.85. The number of nitrogens with one attached hydrogen (secondary N) is 1. The molecule has 1 amide bonds. The van der Waals surface area contributed by atoms with Gasteiger partial charge in [0, 0.05) is 18.7 Å². The van der Waals surface area contributed by atoms with Crippen molar-refractivity contribution in [2.45, 2.75) is 20.3 Å². The van der Waals surface area contributed by atoms with Gasteiger partial charge in [0.1, 0.15) is 5.82 Å². The summed E-state index contributed by atoms with van der Waals surface area (Å²) in [4.78, 5) is 20.0. The lowest BCUT2D eigenvalue weighted by atomic mass is 10.2. The number of hydrogen-bond acceptors (Lipinski definition) is 4. The quantitative estimate of drug-likeness (QED) is 0.757. The lowest BCUT2D eigenvalue weighted by Gasteiger charge is -2.03. The van der Waals surface area contributed by atoms with Gasteiger partial charge in [-0.25, -0.2) is 4.98 Å². The minimum atomic E-state index is -0.189. The fraction of sp³-hybridized carbons (Fsp3) is 0.231. The Morgan fingerprint density at radius 3 is 2.84 bits per heavy atom. The molecule has 6 nitrogen and oxygen atoms in total. The van der Waals surface area contributed by atoms with Gasteiger partial charge in [-0.3, -0.25) is 10.1 Å². The van der Waals surface area contributed by atoms with Gasteiger partial charge in [-0.05, 0) is 12.1 Å². The molecule has 0 radical (unpaired) electrons. The predicted octanol–water partition coefficient (Wildman–Crippen LogP) is 1.80. The zero-order valence-electron chi connectivity index (χ0n) is 10.7. The highest BCUT2D eigenvalue weighted by Crippen LogP contribution is 2.19. The maximum absolute atomic E-state index is 11.1. The largest absolute Gasteiger partial charge is 0.293 e. The van der Waals surface area contributed by atoms with E-state index in [2.05, 4.69) is 20.4 Å². The van der Waals surface area contributed by atoms with Crippen LogP contribution in [0.15, 0.2) is 24.3 Å². The van der Waals surface area contributed by atoms with E-state index < -0.39 is 0 Å². The monoisotopic (exact) mass is 255 g/mol. The smallest absolute Gasteiger partial charge is 0.249 e.